The molecule has 2 unspecified atom stereocenters. The highest BCUT2D eigenvalue weighted by atomic mass is 19.3. The van der Waals surface area contributed by atoms with Crippen LogP contribution in [0.4, 0.5) is 8.78 Å². The van der Waals surface area contributed by atoms with E-state index in [2.05, 4.69) is 0 Å². The van der Waals surface area contributed by atoms with Gasteiger partial charge < -0.3 is 0 Å². The van der Waals surface area contributed by atoms with E-state index in [-0.39, 0.29) is 5.92 Å². The van der Waals surface area contributed by atoms with Gasteiger partial charge in [-0.05, 0) is 43.1 Å². The van der Waals surface area contributed by atoms with E-state index in [0.717, 1.165) is 19.3 Å². The van der Waals surface area contributed by atoms with Crippen LogP contribution in [0, 0.1) is 11.8 Å². The van der Waals surface area contributed by atoms with Crippen LogP contribution in [0.15, 0.2) is 11.7 Å². The Kier molecular flexibility index (Phi) is 2.16. The molecule has 2 heteroatoms. The molecular formula is C10H14F2. The van der Waals surface area contributed by atoms with Crippen LogP contribution in [0.1, 0.15) is 38.5 Å². The van der Waals surface area contributed by atoms with Crippen molar-refractivity contribution in [3.05, 3.63) is 11.7 Å². The topological polar surface area (TPSA) is 0 Å². The van der Waals surface area contributed by atoms with Gasteiger partial charge in [0.1, 0.15) is 0 Å². The molecule has 68 valence electrons. The maximum Gasteiger partial charge on any atom is 0.269 e. The minimum atomic E-state index is -1.38. The predicted octanol–water partition coefficient (Wildman–Crippen LogP) is 3.74. The summed E-state index contributed by atoms with van der Waals surface area (Å²) < 4.78 is 24.8. The fourth-order valence-electron chi connectivity index (χ4n) is 2.77. The third-order valence-corrected chi connectivity index (χ3v) is 3.38. The average molecular weight is 172 g/mol. The molecule has 12 heavy (non-hydrogen) atoms. The van der Waals surface area contributed by atoms with E-state index >= 15 is 0 Å². The SMILES string of the molecule is FC(F)=C1CCC2CCCCC12. The Labute approximate surface area is 71.7 Å². The largest absolute Gasteiger partial charge is 0.269 e. The first-order valence-electron chi connectivity index (χ1n) is 4.83. The lowest BCUT2D eigenvalue weighted by Crippen LogP contribution is -2.14. The summed E-state index contributed by atoms with van der Waals surface area (Å²) in [4.78, 5) is 0. The quantitative estimate of drug-likeness (QED) is 0.522. The van der Waals surface area contributed by atoms with Crippen LogP contribution in [-0.2, 0) is 0 Å². The molecule has 2 fully saturated rings. The van der Waals surface area contributed by atoms with Crippen molar-refractivity contribution in [3.8, 4) is 0 Å². The van der Waals surface area contributed by atoms with Crippen LogP contribution in [0.2, 0.25) is 0 Å². The molecular weight excluding hydrogens is 158 g/mol. The maximum absolute atomic E-state index is 12.4. The molecule has 0 aromatic rings. The Bertz CT molecular complexity index is 204. The second-order valence-corrected chi connectivity index (χ2v) is 3.98. The lowest BCUT2D eigenvalue weighted by molar-refractivity contribution is 0.291. The zero-order valence-electron chi connectivity index (χ0n) is 7.15. The van der Waals surface area contributed by atoms with Crippen molar-refractivity contribution in [2.24, 2.45) is 11.8 Å². The minimum Gasteiger partial charge on any atom is -0.173 e. The number of halogens is 2. The van der Waals surface area contributed by atoms with E-state index in [0.29, 0.717) is 17.9 Å². The second kappa shape index (κ2) is 3.15. The molecule has 2 saturated carbocycles. The van der Waals surface area contributed by atoms with E-state index in [1.165, 1.54) is 12.8 Å². The molecule has 0 aliphatic heterocycles. The summed E-state index contributed by atoms with van der Waals surface area (Å²) in [5.74, 6) is 0.846. The smallest absolute Gasteiger partial charge is 0.173 e. The summed E-state index contributed by atoms with van der Waals surface area (Å²) in [6.07, 6.45) is 4.89. The Morgan fingerprint density at radius 2 is 1.83 bits per heavy atom. The number of fused-ring (bicyclic) bond motifs is 1. The third-order valence-electron chi connectivity index (χ3n) is 3.38. The summed E-state index contributed by atoms with van der Waals surface area (Å²) in [5, 5.41) is 0. The Morgan fingerprint density at radius 3 is 2.58 bits per heavy atom. The van der Waals surface area contributed by atoms with Crippen LogP contribution in [0.3, 0.4) is 0 Å². The lowest BCUT2D eigenvalue weighted by atomic mass is 9.80. The summed E-state index contributed by atoms with van der Waals surface area (Å²) >= 11 is 0. The highest BCUT2D eigenvalue weighted by molar-refractivity contribution is 5.15. The maximum atomic E-state index is 12.4. The fourth-order valence-corrected chi connectivity index (χ4v) is 2.77. The first kappa shape index (κ1) is 8.21. The van der Waals surface area contributed by atoms with Crippen LogP contribution >= 0.6 is 0 Å². The van der Waals surface area contributed by atoms with Gasteiger partial charge in [-0.15, -0.1) is 0 Å². The van der Waals surface area contributed by atoms with E-state index in [1.54, 1.807) is 0 Å². The second-order valence-electron chi connectivity index (χ2n) is 3.98. The van der Waals surface area contributed by atoms with Gasteiger partial charge in [-0.3, -0.25) is 0 Å². The first-order valence-corrected chi connectivity index (χ1v) is 4.83. The fraction of sp³-hybridized carbons (Fsp3) is 0.800. The summed E-state index contributed by atoms with van der Waals surface area (Å²) in [7, 11) is 0. The van der Waals surface area contributed by atoms with Gasteiger partial charge >= 0.3 is 0 Å². The van der Waals surface area contributed by atoms with Crippen molar-refractivity contribution in [1.29, 1.82) is 0 Å². The van der Waals surface area contributed by atoms with Gasteiger partial charge in [0, 0.05) is 0 Å². The number of allylic oxidation sites excluding steroid dienone is 1. The van der Waals surface area contributed by atoms with Gasteiger partial charge in [-0.1, -0.05) is 12.8 Å². The van der Waals surface area contributed by atoms with Crippen molar-refractivity contribution in [2.75, 3.05) is 0 Å². The number of hydrogen-bond acceptors (Lipinski definition) is 0. The zero-order chi connectivity index (χ0) is 8.55. The van der Waals surface area contributed by atoms with Crippen molar-refractivity contribution in [2.45, 2.75) is 38.5 Å². The van der Waals surface area contributed by atoms with Gasteiger partial charge in [-0.2, -0.15) is 8.78 Å². The van der Waals surface area contributed by atoms with Crippen molar-refractivity contribution in [3.63, 3.8) is 0 Å². The van der Waals surface area contributed by atoms with Crippen LogP contribution in [-0.4, -0.2) is 0 Å². The van der Waals surface area contributed by atoms with E-state index in [1.807, 2.05) is 0 Å². The number of rotatable bonds is 0. The Hall–Kier alpha value is -0.400. The first-order chi connectivity index (χ1) is 5.79. The Morgan fingerprint density at radius 1 is 1.08 bits per heavy atom. The molecule has 0 aromatic heterocycles. The van der Waals surface area contributed by atoms with Crippen molar-refractivity contribution >= 4 is 0 Å². The van der Waals surface area contributed by atoms with Gasteiger partial charge in [0.05, 0.1) is 0 Å². The molecule has 2 atom stereocenters. The normalized spacial score (nSPS) is 35.0. The van der Waals surface area contributed by atoms with Crippen molar-refractivity contribution in [1.82, 2.24) is 0 Å². The van der Waals surface area contributed by atoms with E-state index in [9.17, 15) is 8.78 Å². The third kappa shape index (κ3) is 1.27. The molecule has 0 nitrogen and oxygen atoms in total. The van der Waals surface area contributed by atoms with Crippen molar-refractivity contribution < 1.29 is 8.78 Å². The molecule has 0 bridgehead atoms. The van der Waals surface area contributed by atoms with Crippen LogP contribution < -0.4 is 0 Å². The van der Waals surface area contributed by atoms with Gasteiger partial charge in [-0.25, -0.2) is 0 Å². The molecule has 0 saturated heterocycles. The molecule has 0 radical (unpaired) electrons. The summed E-state index contributed by atoms with van der Waals surface area (Å²) in [6, 6.07) is 0. The van der Waals surface area contributed by atoms with Crippen LogP contribution in [0.5, 0.6) is 0 Å². The average Bonchev–Trinajstić information content (AvgIpc) is 2.47. The van der Waals surface area contributed by atoms with Gasteiger partial charge in [0.15, 0.2) is 0 Å². The lowest BCUT2D eigenvalue weighted by Gasteiger charge is -2.25. The summed E-state index contributed by atoms with van der Waals surface area (Å²) in [5.41, 5.74) is 0.486. The monoisotopic (exact) mass is 172 g/mol. The van der Waals surface area contributed by atoms with Gasteiger partial charge in [0.25, 0.3) is 6.08 Å². The molecule has 2 rings (SSSR count). The van der Waals surface area contributed by atoms with Gasteiger partial charge in [0.2, 0.25) is 0 Å². The highest BCUT2D eigenvalue weighted by Crippen LogP contribution is 2.46. The standard InChI is InChI=1S/C10H14F2/c11-10(12)9-6-5-7-3-1-2-4-8(7)9/h7-8H,1-6H2. The van der Waals surface area contributed by atoms with E-state index < -0.39 is 6.08 Å². The van der Waals surface area contributed by atoms with E-state index in [4.69, 9.17) is 0 Å². The molecule has 0 N–H and O–H groups in total. The molecule has 0 heterocycles. The Balaban J connectivity index is 2.16. The molecule has 2 aliphatic carbocycles. The zero-order valence-corrected chi connectivity index (χ0v) is 7.15. The number of hydrogen-bond donors (Lipinski definition) is 0. The molecule has 0 aromatic carbocycles. The minimum absolute atomic E-state index is 0.253. The van der Waals surface area contributed by atoms with Crippen LogP contribution in [0.25, 0.3) is 0 Å². The summed E-state index contributed by atoms with van der Waals surface area (Å²) in [6.45, 7) is 0. The highest BCUT2D eigenvalue weighted by Gasteiger charge is 2.35. The predicted molar refractivity (Wildman–Crippen MR) is 43.9 cm³/mol. The molecule has 0 spiro atoms. The molecule has 2 aliphatic rings. The molecule has 0 amide bonds.